The second-order valence-electron chi connectivity index (χ2n) is 3.32. The summed E-state index contributed by atoms with van der Waals surface area (Å²) in [6.45, 7) is 0. The van der Waals surface area contributed by atoms with Crippen molar-refractivity contribution in [2.45, 2.75) is 6.36 Å². The van der Waals surface area contributed by atoms with E-state index in [9.17, 15) is 13.2 Å². The van der Waals surface area contributed by atoms with Crippen LogP contribution in [-0.2, 0) is 0 Å². The van der Waals surface area contributed by atoms with Crippen LogP contribution in [0, 0.1) is 0 Å². The van der Waals surface area contributed by atoms with Crippen LogP contribution in [-0.4, -0.2) is 18.4 Å². The summed E-state index contributed by atoms with van der Waals surface area (Å²) in [5.74, 6) is -0.136. The number of nitrogens with zero attached hydrogens (tertiary/aromatic N) is 1. The van der Waals surface area contributed by atoms with Crippen molar-refractivity contribution >= 4 is 6.01 Å². The number of aromatic nitrogens is 1. The van der Waals surface area contributed by atoms with Crippen LogP contribution in [0.25, 0.3) is 11.3 Å². The van der Waals surface area contributed by atoms with Crippen molar-refractivity contribution in [2.75, 3.05) is 12.4 Å². The van der Waals surface area contributed by atoms with Gasteiger partial charge in [0.15, 0.2) is 5.76 Å². The number of alkyl halides is 3. The van der Waals surface area contributed by atoms with Gasteiger partial charge < -0.3 is 14.5 Å². The lowest BCUT2D eigenvalue weighted by Gasteiger charge is -2.11. The second-order valence-corrected chi connectivity index (χ2v) is 3.32. The van der Waals surface area contributed by atoms with Crippen molar-refractivity contribution in [3.05, 3.63) is 30.5 Å². The molecule has 0 radical (unpaired) electrons. The van der Waals surface area contributed by atoms with Gasteiger partial charge in [0.1, 0.15) is 5.75 Å². The average molecular weight is 258 g/mol. The number of halogens is 3. The minimum atomic E-state index is -4.75. The van der Waals surface area contributed by atoms with Crippen LogP contribution in [0.3, 0.4) is 0 Å². The number of hydrogen-bond acceptors (Lipinski definition) is 4. The zero-order chi connectivity index (χ0) is 13.2. The first-order valence-electron chi connectivity index (χ1n) is 4.98. The van der Waals surface area contributed by atoms with Gasteiger partial charge in [-0.05, 0) is 12.1 Å². The van der Waals surface area contributed by atoms with Gasteiger partial charge in [-0.25, -0.2) is 4.98 Å². The van der Waals surface area contributed by atoms with Crippen molar-refractivity contribution in [2.24, 2.45) is 0 Å². The molecule has 0 spiro atoms. The van der Waals surface area contributed by atoms with Crippen molar-refractivity contribution in [3.63, 3.8) is 0 Å². The Morgan fingerprint density at radius 1 is 1.28 bits per heavy atom. The minimum Gasteiger partial charge on any atom is -0.423 e. The summed E-state index contributed by atoms with van der Waals surface area (Å²) in [4.78, 5) is 3.83. The van der Waals surface area contributed by atoms with Crippen molar-refractivity contribution < 1.29 is 22.3 Å². The van der Waals surface area contributed by atoms with Crippen molar-refractivity contribution in [3.8, 4) is 17.1 Å². The minimum absolute atomic E-state index is 0.184. The van der Waals surface area contributed by atoms with Gasteiger partial charge in [0, 0.05) is 7.05 Å². The largest absolute Gasteiger partial charge is 0.573 e. The van der Waals surface area contributed by atoms with E-state index in [0.29, 0.717) is 0 Å². The maximum absolute atomic E-state index is 12.2. The number of hydrogen-bond donors (Lipinski definition) is 1. The molecule has 0 fully saturated rings. The number of rotatable bonds is 3. The highest BCUT2D eigenvalue weighted by atomic mass is 19.4. The summed E-state index contributed by atoms with van der Waals surface area (Å²) in [5.41, 5.74) is 0.184. The number of ether oxygens (including phenoxy) is 1. The Bertz CT molecular complexity index is 537. The number of oxazole rings is 1. The van der Waals surface area contributed by atoms with Gasteiger partial charge in [-0.15, -0.1) is 13.2 Å². The Hall–Kier alpha value is -2.18. The van der Waals surface area contributed by atoms with E-state index in [1.807, 2.05) is 0 Å². The molecular formula is C11H9F3N2O2. The molecule has 0 aliphatic carbocycles. The van der Waals surface area contributed by atoms with Crippen LogP contribution in [0.4, 0.5) is 19.2 Å². The van der Waals surface area contributed by atoms with Crippen LogP contribution in [0.15, 0.2) is 34.9 Å². The Morgan fingerprint density at radius 3 is 2.61 bits per heavy atom. The lowest BCUT2D eigenvalue weighted by molar-refractivity contribution is -0.274. The Balaban J connectivity index is 2.38. The predicted octanol–water partition coefficient (Wildman–Crippen LogP) is 3.28. The fourth-order valence-corrected chi connectivity index (χ4v) is 1.40. The SMILES string of the molecule is CNc1ncc(-c2ccccc2OC(F)(F)F)o1. The summed E-state index contributed by atoms with van der Waals surface area (Å²) in [6, 6.07) is 5.91. The molecule has 0 atom stereocenters. The monoisotopic (exact) mass is 258 g/mol. The van der Waals surface area contributed by atoms with Gasteiger partial charge in [0.25, 0.3) is 6.01 Å². The van der Waals surface area contributed by atoms with Crippen LogP contribution in [0.2, 0.25) is 0 Å². The van der Waals surface area contributed by atoms with E-state index in [0.717, 1.165) is 0 Å². The zero-order valence-electron chi connectivity index (χ0n) is 9.28. The highest BCUT2D eigenvalue weighted by molar-refractivity contribution is 5.65. The van der Waals surface area contributed by atoms with Gasteiger partial charge in [0.2, 0.25) is 0 Å². The van der Waals surface area contributed by atoms with Crippen LogP contribution in [0.5, 0.6) is 5.75 Å². The molecule has 4 nitrogen and oxygen atoms in total. The van der Waals surface area contributed by atoms with E-state index in [2.05, 4.69) is 15.0 Å². The lowest BCUT2D eigenvalue weighted by atomic mass is 10.1. The van der Waals surface area contributed by atoms with E-state index >= 15 is 0 Å². The molecule has 0 saturated heterocycles. The van der Waals surface area contributed by atoms with Crippen LogP contribution < -0.4 is 10.1 Å². The average Bonchev–Trinajstić information content (AvgIpc) is 2.76. The van der Waals surface area contributed by atoms with E-state index in [1.54, 1.807) is 13.1 Å². The molecule has 0 bridgehead atoms. The maximum atomic E-state index is 12.2. The van der Waals surface area contributed by atoms with Crippen LogP contribution in [0.1, 0.15) is 0 Å². The highest BCUT2D eigenvalue weighted by Gasteiger charge is 2.32. The first-order valence-corrected chi connectivity index (χ1v) is 4.98. The molecule has 0 aliphatic heterocycles. The molecule has 1 N–H and O–H groups in total. The first kappa shape index (κ1) is 12.3. The first-order chi connectivity index (χ1) is 8.49. The number of benzene rings is 1. The van der Waals surface area contributed by atoms with Gasteiger partial charge in [-0.1, -0.05) is 12.1 Å². The summed E-state index contributed by atoms with van der Waals surface area (Å²) in [6.07, 6.45) is -3.42. The van der Waals surface area contributed by atoms with E-state index in [4.69, 9.17) is 4.42 Å². The smallest absolute Gasteiger partial charge is 0.423 e. The van der Waals surface area contributed by atoms with Crippen molar-refractivity contribution in [1.29, 1.82) is 0 Å². The maximum Gasteiger partial charge on any atom is 0.573 e. The third-order valence-electron chi connectivity index (χ3n) is 2.10. The number of para-hydroxylation sites is 1. The molecule has 2 aromatic rings. The lowest BCUT2D eigenvalue weighted by Crippen LogP contribution is -2.17. The van der Waals surface area contributed by atoms with Gasteiger partial charge in [0.05, 0.1) is 11.8 Å². The third-order valence-corrected chi connectivity index (χ3v) is 2.10. The molecule has 1 aromatic heterocycles. The fraction of sp³-hybridized carbons (Fsp3) is 0.182. The van der Waals surface area contributed by atoms with Crippen LogP contribution >= 0.6 is 0 Å². The molecule has 2 rings (SSSR count). The molecule has 1 heterocycles. The standard InChI is InChI=1S/C11H9F3N2O2/c1-15-10-16-6-9(17-10)7-4-2-3-5-8(7)18-11(12,13)14/h2-6H,1H3,(H,15,16). The van der Waals surface area contributed by atoms with Gasteiger partial charge >= 0.3 is 6.36 Å². The summed E-state index contributed by atoms with van der Waals surface area (Å²) in [7, 11) is 1.59. The summed E-state index contributed by atoms with van der Waals surface area (Å²) in [5, 5.41) is 2.64. The Morgan fingerprint density at radius 2 is 2.00 bits per heavy atom. The highest BCUT2D eigenvalue weighted by Crippen LogP contribution is 2.34. The Kier molecular flexibility index (Phi) is 3.14. The quantitative estimate of drug-likeness (QED) is 0.917. The normalized spacial score (nSPS) is 11.3. The summed E-state index contributed by atoms with van der Waals surface area (Å²) >= 11 is 0. The molecule has 0 amide bonds. The van der Waals surface area contributed by atoms with E-state index in [1.165, 1.54) is 24.4 Å². The zero-order valence-corrected chi connectivity index (χ0v) is 9.28. The molecule has 18 heavy (non-hydrogen) atoms. The molecule has 0 saturated carbocycles. The Labute approximate surface area is 100 Å². The third kappa shape index (κ3) is 2.73. The molecular weight excluding hydrogens is 249 g/mol. The fourth-order valence-electron chi connectivity index (χ4n) is 1.40. The van der Waals surface area contributed by atoms with E-state index in [-0.39, 0.29) is 23.1 Å². The summed E-state index contributed by atoms with van der Waals surface area (Å²) < 4.78 is 45.8. The number of nitrogens with one attached hydrogen (secondary N) is 1. The van der Waals surface area contributed by atoms with Crippen molar-refractivity contribution in [1.82, 2.24) is 4.98 Å². The molecule has 7 heteroatoms. The molecule has 0 aliphatic rings. The van der Waals surface area contributed by atoms with Gasteiger partial charge in [-0.2, -0.15) is 0 Å². The topological polar surface area (TPSA) is 47.3 Å². The molecule has 96 valence electrons. The van der Waals surface area contributed by atoms with E-state index < -0.39 is 6.36 Å². The van der Waals surface area contributed by atoms with Gasteiger partial charge in [-0.3, -0.25) is 0 Å². The predicted molar refractivity (Wildman–Crippen MR) is 58.2 cm³/mol. The number of anilines is 1. The second kappa shape index (κ2) is 4.59. The molecule has 1 aromatic carbocycles. The molecule has 0 unspecified atom stereocenters.